The molecule has 5 nitrogen and oxygen atoms in total. The quantitative estimate of drug-likeness (QED) is 0.933. The lowest BCUT2D eigenvalue weighted by atomic mass is 10.2. The summed E-state index contributed by atoms with van der Waals surface area (Å²) in [6.45, 7) is 1.50. The van der Waals surface area contributed by atoms with E-state index in [4.69, 9.17) is 9.47 Å². The van der Waals surface area contributed by atoms with Gasteiger partial charge in [-0.3, -0.25) is 0 Å². The fraction of sp³-hybridized carbons (Fsp3) is 0.312. The molecule has 122 valence electrons. The Kier molecular flexibility index (Phi) is 4.78. The van der Waals surface area contributed by atoms with Crippen LogP contribution in [0.1, 0.15) is 11.0 Å². The first-order valence-electron chi connectivity index (χ1n) is 7.22. The number of rotatable bonds is 3. The van der Waals surface area contributed by atoms with E-state index in [0.717, 1.165) is 4.88 Å². The summed E-state index contributed by atoms with van der Waals surface area (Å²) in [5.41, 5.74) is 0.493. The van der Waals surface area contributed by atoms with E-state index in [2.05, 4.69) is 5.32 Å². The predicted octanol–water partition coefficient (Wildman–Crippen LogP) is 3.50. The minimum atomic E-state index is -0.463. The molecule has 2 heterocycles. The van der Waals surface area contributed by atoms with Crippen LogP contribution >= 0.6 is 11.3 Å². The van der Waals surface area contributed by atoms with Crippen molar-refractivity contribution >= 4 is 23.1 Å². The first-order chi connectivity index (χ1) is 11.2. The van der Waals surface area contributed by atoms with E-state index < -0.39 is 5.82 Å². The van der Waals surface area contributed by atoms with Crippen LogP contribution < -0.4 is 10.1 Å². The molecule has 2 aromatic rings. The molecular formula is C16H17FN2O3S. The summed E-state index contributed by atoms with van der Waals surface area (Å²) in [5.74, 6) is -0.365. The molecule has 1 atom stereocenters. The molecule has 1 saturated heterocycles. The van der Waals surface area contributed by atoms with Crippen LogP contribution in [0.4, 0.5) is 14.9 Å². The number of nitrogens with zero attached hydrogens (tertiary/aromatic N) is 1. The van der Waals surface area contributed by atoms with Gasteiger partial charge in [-0.15, -0.1) is 11.3 Å². The first kappa shape index (κ1) is 15.8. The van der Waals surface area contributed by atoms with Gasteiger partial charge in [0.15, 0.2) is 11.6 Å². The Morgan fingerprint density at radius 3 is 3.09 bits per heavy atom. The van der Waals surface area contributed by atoms with Gasteiger partial charge >= 0.3 is 6.03 Å². The number of morpholine rings is 1. The Labute approximate surface area is 137 Å². The van der Waals surface area contributed by atoms with Gasteiger partial charge in [0.05, 0.1) is 20.3 Å². The van der Waals surface area contributed by atoms with Gasteiger partial charge in [0.25, 0.3) is 0 Å². The number of hydrogen-bond acceptors (Lipinski definition) is 4. The van der Waals surface area contributed by atoms with Crippen LogP contribution in [-0.2, 0) is 4.74 Å². The van der Waals surface area contributed by atoms with E-state index in [1.54, 1.807) is 16.2 Å². The van der Waals surface area contributed by atoms with Crippen LogP contribution in [0, 0.1) is 5.82 Å². The molecule has 1 aromatic heterocycles. The monoisotopic (exact) mass is 336 g/mol. The number of hydrogen-bond donors (Lipinski definition) is 1. The van der Waals surface area contributed by atoms with Crippen molar-refractivity contribution in [2.75, 3.05) is 32.1 Å². The lowest BCUT2D eigenvalue weighted by molar-refractivity contribution is -0.0115. The number of ether oxygens (including phenoxy) is 2. The third-order valence-corrected chi connectivity index (χ3v) is 4.58. The maximum absolute atomic E-state index is 13.4. The molecule has 7 heteroatoms. The second kappa shape index (κ2) is 6.97. The fourth-order valence-electron chi connectivity index (χ4n) is 2.42. The maximum atomic E-state index is 13.4. The number of halogens is 1. The highest BCUT2D eigenvalue weighted by Gasteiger charge is 2.26. The van der Waals surface area contributed by atoms with Crippen LogP contribution in [-0.4, -0.2) is 37.7 Å². The minimum absolute atomic E-state index is 0.0984. The largest absolute Gasteiger partial charge is 0.494 e. The molecule has 0 unspecified atom stereocenters. The van der Waals surface area contributed by atoms with Gasteiger partial charge in [-0.05, 0) is 23.6 Å². The second-order valence-electron chi connectivity index (χ2n) is 5.10. The molecule has 1 aromatic carbocycles. The summed E-state index contributed by atoms with van der Waals surface area (Å²) in [4.78, 5) is 15.2. The number of urea groups is 1. The van der Waals surface area contributed by atoms with Gasteiger partial charge in [0.2, 0.25) is 0 Å². The molecule has 1 aliphatic rings. The molecule has 0 saturated carbocycles. The average Bonchev–Trinajstić information content (AvgIpc) is 3.11. The number of benzene rings is 1. The van der Waals surface area contributed by atoms with E-state index >= 15 is 0 Å². The number of carbonyl (C=O) groups excluding carboxylic acids is 1. The van der Waals surface area contributed by atoms with Gasteiger partial charge in [-0.2, -0.15) is 0 Å². The topological polar surface area (TPSA) is 50.8 Å². The first-order valence-corrected chi connectivity index (χ1v) is 8.10. The van der Waals surface area contributed by atoms with Gasteiger partial charge in [0.1, 0.15) is 6.10 Å². The summed E-state index contributed by atoms with van der Waals surface area (Å²) in [6.07, 6.45) is -0.0998. The molecule has 0 bridgehead atoms. The van der Waals surface area contributed by atoms with E-state index in [1.807, 2.05) is 17.5 Å². The molecule has 0 spiro atoms. The second-order valence-corrected chi connectivity index (χ2v) is 6.08. The zero-order valence-electron chi connectivity index (χ0n) is 12.6. The van der Waals surface area contributed by atoms with Crippen LogP contribution in [0.3, 0.4) is 0 Å². The number of nitrogens with one attached hydrogen (secondary N) is 1. The number of anilines is 1. The minimum Gasteiger partial charge on any atom is -0.494 e. The van der Waals surface area contributed by atoms with Crippen molar-refractivity contribution < 1.29 is 18.7 Å². The standard InChI is InChI=1S/C16H17FN2O3S/c1-21-13-9-11(4-5-12(13)17)18-16(20)19-6-7-22-14(10-19)15-3-2-8-23-15/h2-5,8-9,14H,6-7,10H2,1H3,(H,18,20)/t14-/m0/s1. The van der Waals surface area contributed by atoms with Gasteiger partial charge in [-0.25, -0.2) is 9.18 Å². The lowest BCUT2D eigenvalue weighted by Crippen LogP contribution is -2.44. The van der Waals surface area contributed by atoms with Gasteiger partial charge in [0, 0.05) is 23.2 Å². The SMILES string of the molecule is COc1cc(NC(=O)N2CCO[C@H](c3cccs3)C2)ccc1F. The van der Waals surface area contributed by atoms with Crippen molar-refractivity contribution in [3.63, 3.8) is 0 Å². The average molecular weight is 336 g/mol. The van der Waals surface area contributed by atoms with Crippen molar-refractivity contribution in [2.24, 2.45) is 0 Å². The normalized spacial score (nSPS) is 17.8. The summed E-state index contributed by atoms with van der Waals surface area (Å²) in [6, 6.07) is 7.97. The van der Waals surface area contributed by atoms with Crippen LogP contribution in [0.5, 0.6) is 5.75 Å². The lowest BCUT2D eigenvalue weighted by Gasteiger charge is -2.32. The van der Waals surface area contributed by atoms with E-state index in [1.165, 1.54) is 25.3 Å². The Hall–Kier alpha value is -2.12. The van der Waals surface area contributed by atoms with Crippen molar-refractivity contribution in [3.8, 4) is 5.75 Å². The predicted molar refractivity (Wildman–Crippen MR) is 86.6 cm³/mol. The molecule has 3 rings (SSSR count). The molecule has 1 aliphatic heterocycles. The maximum Gasteiger partial charge on any atom is 0.322 e. The fourth-order valence-corrected chi connectivity index (χ4v) is 3.19. The van der Waals surface area contributed by atoms with Crippen LogP contribution in [0.15, 0.2) is 35.7 Å². The highest BCUT2D eigenvalue weighted by Crippen LogP contribution is 2.27. The molecule has 0 aliphatic carbocycles. The van der Waals surface area contributed by atoms with Gasteiger partial charge in [-0.1, -0.05) is 6.07 Å². The molecule has 2 amide bonds. The van der Waals surface area contributed by atoms with Gasteiger partial charge < -0.3 is 19.7 Å². The molecule has 1 fully saturated rings. The Morgan fingerprint density at radius 1 is 1.48 bits per heavy atom. The van der Waals surface area contributed by atoms with Crippen molar-refractivity contribution in [1.29, 1.82) is 0 Å². The highest BCUT2D eigenvalue weighted by molar-refractivity contribution is 7.10. The molecule has 0 radical (unpaired) electrons. The third-order valence-electron chi connectivity index (χ3n) is 3.62. The summed E-state index contributed by atoms with van der Waals surface area (Å²) >= 11 is 1.61. The number of amides is 2. The molecule has 23 heavy (non-hydrogen) atoms. The van der Waals surface area contributed by atoms with E-state index in [0.29, 0.717) is 25.4 Å². The third kappa shape index (κ3) is 3.62. The zero-order chi connectivity index (χ0) is 16.2. The van der Waals surface area contributed by atoms with Crippen LogP contribution in [0.25, 0.3) is 0 Å². The molecular weight excluding hydrogens is 319 g/mol. The molecule has 1 N–H and O–H groups in total. The van der Waals surface area contributed by atoms with Crippen molar-refractivity contribution in [3.05, 3.63) is 46.4 Å². The summed E-state index contributed by atoms with van der Waals surface area (Å²) < 4.78 is 24.1. The highest BCUT2D eigenvalue weighted by atomic mass is 32.1. The Balaban J connectivity index is 1.66. The zero-order valence-corrected chi connectivity index (χ0v) is 13.4. The number of thiophene rings is 1. The summed E-state index contributed by atoms with van der Waals surface area (Å²) in [5, 5.41) is 4.76. The van der Waals surface area contributed by atoms with Crippen molar-refractivity contribution in [2.45, 2.75) is 6.10 Å². The van der Waals surface area contributed by atoms with E-state index in [9.17, 15) is 9.18 Å². The van der Waals surface area contributed by atoms with E-state index in [-0.39, 0.29) is 17.9 Å². The number of methoxy groups -OCH3 is 1. The summed E-state index contributed by atoms with van der Waals surface area (Å²) in [7, 11) is 1.39. The number of carbonyl (C=O) groups is 1. The van der Waals surface area contributed by atoms with Crippen LogP contribution in [0.2, 0.25) is 0 Å². The Bertz CT molecular complexity index is 678. The smallest absolute Gasteiger partial charge is 0.322 e. The Morgan fingerprint density at radius 2 is 2.35 bits per heavy atom. The van der Waals surface area contributed by atoms with Crippen molar-refractivity contribution in [1.82, 2.24) is 4.90 Å².